The van der Waals surface area contributed by atoms with Gasteiger partial charge in [0, 0.05) is 26.7 Å². The van der Waals surface area contributed by atoms with Gasteiger partial charge in [0.05, 0.1) is 5.69 Å². The zero-order valence-electron chi connectivity index (χ0n) is 18.4. The van der Waals surface area contributed by atoms with E-state index in [2.05, 4.69) is 100 Å². The summed E-state index contributed by atoms with van der Waals surface area (Å²) in [6.07, 6.45) is 2.01. The van der Waals surface area contributed by atoms with E-state index in [1.165, 1.54) is 59.5 Å². The van der Waals surface area contributed by atoms with Crippen LogP contribution < -0.4 is 0 Å². The maximum Gasteiger partial charge on any atom is 0.0716 e. The van der Waals surface area contributed by atoms with Crippen molar-refractivity contribution in [1.82, 2.24) is 4.98 Å². The number of hydrogen-bond acceptors (Lipinski definition) is 2. The number of benzene rings is 3. The molecule has 0 bridgehead atoms. The van der Waals surface area contributed by atoms with E-state index >= 15 is 0 Å². The van der Waals surface area contributed by atoms with Crippen molar-refractivity contribution in [1.29, 1.82) is 0 Å². The Hall–Kier alpha value is -3.23. The van der Waals surface area contributed by atoms with Crippen LogP contribution in [0.5, 0.6) is 0 Å². The fraction of sp³-hybridized carbons (Fsp3) is 0.138. The van der Waals surface area contributed by atoms with E-state index in [9.17, 15) is 0 Å². The molecular weight excluding hydrogens is 394 g/mol. The molecule has 31 heavy (non-hydrogen) atoms. The molecular formula is C29H25NS. The molecule has 0 amide bonds. The molecule has 5 rings (SSSR count). The van der Waals surface area contributed by atoms with Crippen LogP contribution in [0, 0.1) is 27.7 Å². The molecule has 5 aromatic rings. The molecule has 0 fully saturated rings. The largest absolute Gasteiger partial charge is 0.256 e. The predicted octanol–water partition coefficient (Wildman–Crippen LogP) is 8.53. The summed E-state index contributed by atoms with van der Waals surface area (Å²) < 4.78 is 1.28. The zero-order valence-corrected chi connectivity index (χ0v) is 19.2. The summed E-state index contributed by atoms with van der Waals surface area (Å²) in [5, 5.41) is 1.20. The molecule has 0 aliphatic carbocycles. The van der Waals surface area contributed by atoms with Crippen molar-refractivity contribution in [3.63, 3.8) is 0 Å². The van der Waals surface area contributed by atoms with Crippen molar-refractivity contribution in [3.05, 3.63) is 101 Å². The summed E-state index contributed by atoms with van der Waals surface area (Å²) in [4.78, 5) is 6.03. The highest BCUT2D eigenvalue weighted by Gasteiger charge is 2.10. The lowest BCUT2D eigenvalue weighted by Crippen LogP contribution is -1.87. The molecule has 2 heterocycles. The third-order valence-corrected chi connectivity index (χ3v) is 7.01. The summed E-state index contributed by atoms with van der Waals surface area (Å²) >= 11 is 1.84. The lowest BCUT2D eigenvalue weighted by atomic mass is 9.95. The van der Waals surface area contributed by atoms with Crippen LogP contribution in [0.2, 0.25) is 0 Å². The third kappa shape index (κ3) is 3.80. The molecule has 0 spiro atoms. The molecule has 0 saturated carbocycles. The molecule has 0 aliphatic heterocycles. The molecule has 0 saturated heterocycles. The van der Waals surface area contributed by atoms with Crippen LogP contribution in [0.3, 0.4) is 0 Å². The van der Waals surface area contributed by atoms with E-state index in [-0.39, 0.29) is 0 Å². The van der Waals surface area contributed by atoms with Gasteiger partial charge in [-0.15, -0.1) is 11.3 Å². The summed E-state index contributed by atoms with van der Waals surface area (Å²) in [6.45, 7) is 8.64. The van der Waals surface area contributed by atoms with Gasteiger partial charge in [0.1, 0.15) is 0 Å². The number of aryl methyl sites for hydroxylation is 4. The lowest BCUT2D eigenvalue weighted by Gasteiger charge is -2.10. The Morgan fingerprint density at radius 3 is 1.97 bits per heavy atom. The summed E-state index contributed by atoms with van der Waals surface area (Å²) in [7, 11) is 0. The highest BCUT2D eigenvalue weighted by Crippen LogP contribution is 2.36. The first-order valence-electron chi connectivity index (χ1n) is 10.6. The second-order valence-corrected chi connectivity index (χ2v) is 9.52. The normalized spacial score (nSPS) is 11.2. The summed E-state index contributed by atoms with van der Waals surface area (Å²) in [5.41, 5.74) is 11.3. The molecule has 0 unspecified atom stereocenters. The number of aromatic nitrogens is 1. The maximum atomic E-state index is 4.75. The molecule has 0 aliphatic rings. The fourth-order valence-corrected chi connectivity index (χ4v) is 5.50. The van der Waals surface area contributed by atoms with Crippen molar-refractivity contribution in [3.8, 4) is 32.8 Å². The van der Waals surface area contributed by atoms with Gasteiger partial charge in [-0.3, -0.25) is 4.98 Å². The van der Waals surface area contributed by atoms with Crippen molar-refractivity contribution >= 4 is 21.4 Å². The van der Waals surface area contributed by atoms with Crippen molar-refractivity contribution in [2.75, 3.05) is 0 Å². The standard InChI is InChI=1S/C29H25NS/c1-18-12-19(2)14-24(13-18)26-16-28-25(17-30-26)15-27(31-28)22-8-10-23(11-9-22)29-20(3)6-5-7-21(29)4/h5-17H,1-4H3. The maximum absolute atomic E-state index is 4.75. The Morgan fingerprint density at radius 1 is 0.645 bits per heavy atom. The van der Waals surface area contributed by atoms with E-state index < -0.39 is 0 Å². The van der Waals surface area contributed by atoms with Gasteiger partial charge in [0.2, 0.25) is 0 Å². The minimum Gasteiger partial charge on any atom is -0.256 e. The van der Waals surface area contributed by atoms with E-state index in [0.29, 0.717) is 0 Å². The van der Waals surface area contributed by atoms with E-state index in [0.717, 1.165) is 5.69 Å². The van der Waals surface area contributed by atoms with E-state index in [1.54, 1.807) is 0 Å². The first kappa shape index (κ1) is 19.7. The van der Waals surface area contributed by atoms with Gasteiger partial charge >= 0.3 is 0 Å². The van der Waals surface area contributed by atoms with Crippen LogP contribution >= 0.6 is 11.3 Å². The van der Waals surface area contributed by atoms with E-state index in [4.69, 9.17) is 4.98 Å². The lowest BCUT2D eigenvalue weighted by molar-refractivity contribution is 1.33. The van der Waals surface area contributed by atoms with Crippen LogP contribution in [0.4, 0.5) is 0 Å². The fourth-order valence-electron chi connectivity index (χ4n) is 4.43. The van der Waals surface area contributed by atoms with Gasteiger partial charge in [0.25, 0.3) is 0 Å². The van der Waals surface area contributed by atoms with Crippen molar-refractivity contribution in [2.24, 2.45) is 0 Å². The first-order valence-corrected chi connectivity index (χ1v) is 11.4. The number of nitrogens with zero attached hydrogens (tertiary/aromatic N) is 1. The van der Waals surface area contributed by atoms with Crippen LogP contribution in [0.25, 0.3) is 42.9 Å². The van der Waals surface area contributed by atoms with Crippen LogP contribution in [-0.2, 0) is 0 Å². The van der Waals surface area contributed by atoms with Gasteiger partial charge in [-0.05, 0) is 79.8 Å². The zero-order chi connectivity index (χ0) is 21.5. The molecule has 0 N–H and O–H groups in total. The predicted molar refractivity (Wildman–Crippen MR) is 135 cm³/mol. The average Bonchev–Trinajstić information content (AvgIpc) is 3.17. The molecule has 0 radical (unpaired) electrons. The minimum absolute atomic E-state index is 1.04. The summed E-state index contributed by atoms with van der Waals surface area (Å²) in [5.74, 6) is 0. The third-order valence-electron chi connectivity index (χ3n) is 5.86. The Kier molecular flexibility index (Phi) is 4.95. The average molecular weight is 420 g/mol. The topological polar surface area (TPSA) is 12.9 Å². The first-order chi connectivity index (χ1) is 15.0. The van der Waals surface area contributed by atoms with Gasteiger partial charge in [-0.25, -0.2) is 0 Å². The molecule has 2 aromatic heterocycles. The van der Waals surface area contributed by atoms with Crippen LogP contribution in [0.1, 0.15) is 22.3 Å². The minimum atomic E-state index is 1.04. The highest BCUT2D eigenvalue weighted by molar-refractivity contribution is 7.22. The number of fused-ring (bicyclic) bond motifs is 1. The van der Waals surface area contributed by atoms with Gasteiger partial charge < -0.3 is 0 Å². The molecule has 2 heteroatoms. The quantitative estimate of drug-likeness (QED) is 0.285. The van der Waals surface area contributed by atoms with Crippen molar-refractivity contribution in [2.45, 2.75) is 27.7 Å². The Balaban J connectivity index is 1.51. The second-order valence-electron chi connectivity index (χ2n) is 8.44. The SMILES string of the molecule is Cc1cc(C)cc(-c2cc3sc(-c4ccc(-c5c(C)cccc5C)cc4)cc3cn2)c1. The highest BCUT2D eigenvalue weighted by atomic mass is 32.1. The Morgan fingerprint density at radius 2 is 1.29 bits per heavy atom. The summed E-state index contributed by atoms with van der Waals surface area (Å²) in [6, 6.07) is 26.6. The Bertz CT molecular complexity index is 1370. The Labute approximate surface area is 188 Å². The number of thiophene rings is 1. The molecule has 0 atom stereocenters. The molecule has 152 valence electrons. The van der Waals surface area contributed by atoms with Crippen LogP contribution in [-0.4, -0.2) is 4.98 Å². The second kappa shape index (κ2) is 7.79. The molecule has 1 nitrogen and oxygen atoms in total. The number of hydrogen-bond donors (Lipinski definition) is 0. The van der Waals surface area contributed by atoms with E-state index in [1.807, 2.05) is 17.5 Å². The number of pyridine rings is 1. The smallest absolute Gasteiger partial charge is 0.0716 e. The molecule has 3 aromatic carbocycles. The number of rotatable bonds is 3. The van der Waals surface area contributed by atoms with Gasteiger partial charge in [0.15, 0.2) is 0 Å². The van der Waals surface area contributed by atoms with Gasteiger partial charge in [-0.2, -0.15) is 0 Å². The van der Waals surface area contributed by atoms with Gasteiger partial charge in [-0.1, -0.05) is 59.7 Å². The van der Waals surface area contributed by atoms with Crippen molar-refractivity contribution < 1.29 is 0 Å². The monoisotopic (exact) mass is 419 g/mol. The van der Waals surface area contributed by atoms with Crippen LogP contribution in [0.15, 0.2) is 79.0 Å².